The molecule has 104 valence electrons. The minimum absolute atomic E-state index is 0.192. The lowest BCUT2D eigenvalue weighted by Crippen LogP contribution is -2.18. The third-order valence-corrected chi connectivity index (χ3v) is 5.73. The minimum Gasteiger partial charge on any atom is -0.355 e. The highest BCUT2D eigenvalue weighted by Crippen LogP contribution is 2.32. The van der Waals surface area contributed by atoms with Gasteiger partial charge in [-0.15, -0.1) is 11.3 Å². The molecule has 20 heavy (non-hydrogen) atoms. The third kappa shape index (κ3) is 3.47. The van der Waals surface area contributed by atoms with Crippen LogP contribution < -0.4 is 10.6 Å². The van der Waals surface area contributed by atoms with Crippen LogP contribution in [0.25, 0.3) is 0 Å². The molecule has 0 bridgehead atoms. The van der Waals surface area contributed by atoms with Crippen molar-refractivity contribution in [1.29, 1.82) is 0 Å². The normalized spacial score (nSPS) is 10.2. The van der Waals surface area contributed by atoms with Gasteiger partial charge in [0.2, 0.25) is 0 Å². The van der Waals surface area contributed by atoms with Gasteiger partial charge in [-0.2, -0.15) is 0 Å². The predicted molar refractivity (Wildman–Crippen MR) is 87.5 cm³/mol. The first-order valence-electron chi connectivity index (χ1n) is 5.59. The van der Waals surface area contributed by atoms with E-state index >= 15 is 0 Å². The first-order chi connectivity index (χ1) is 9.51. The van der Waals surface area contributed by atoms with Gasteiger partial charge in [-0.1, -0.05) is 6.07 Å². The van der Waals surface area contributed by atoms with E-state index in [0.29, 0.717) is 16.1 Å². The molecular weight excluding hydrogens is 408 g/mol. The standard InChI is InChI=1S/C13H10Br2N2O2S/c1-16-12(18)7-3-2-4-8(5-7)17-13(19)10-6-9(14)11(15)20-10/h2-6H,1H3,(H,16,18)(H,17,19). The summed E-state index contributed by atoms with van der Waals surface area (Å²) in [5.74, 6) is -0.404. The lowest BCUT2D eigenvalue weighted by molar-refractivity contribution is 0.0961. The van der Waals surface area contributed by atoms with Gasteiger partial charge in [-0.3, -0.25) is 9.59 Å². The number of thiophene rings is 1. The van der Waals surface area contributed by atoms with Gasteiger partial charge in [0.15, 0.2) is 0 Å². The second-order valence-electron chi connectivity index (χ2n) is 3.85. The second kappa shape index (κ2) is 6.51. The van der Waals surface area contributed by atoms with Crippen molar-refractivity contribution in [3.63, 3.8) is 0 Å². The summed E-state index contributed by atoms with van der Waals surface area (Å²) in [6.45, 7) is 0. The number of rotatable bonds is 3. The number of amides is 2. The highest BCUT2D eigenvalue weighted by molar-refractivity contribution is 9.13. The summed E-state index contributed by atoms with van der Waals surface area (Å²) in [4.78, 5) is 24.2. The molecule has 0 saturated heterocycles. The summed E-state index contributed by atoms with van der Waals surface area (Å²) in [7, 11) is 1.56. The zero-order valence-electron chi connectivity index (χ0n) is 10.4. The number of hydrogen-bond acceptors (Lipinski definition) is 3. The molecule has 7 heteroatoms. The zero-order valence-corrected chi connectivity index (χ0v) is 14.4. The number of halogens is 2. The van der Waals surface area contributed by atoms with Crippen LogP contribution in [0.2, 0.25) is 0 Å². The van der Waals surface area contributed by atoms with E-state index in [1.807, 2.05) is 0 Å². The van der Waals surface area contributed by atoms with Crippen molar-refractivity contribution in [1.82, 2.24) is 5.32 Å². The maximum Gasteiger partial charge on any atom is 0.265 e. The van der Waals surface area contributed by atoms with E-state index < -0.39 is 0 Å². The molecule has 2 aromatic rings. The average Bonchev–Trinajstić information content (AvgIpc) is 2.78. The number of nitrogens with one attached hydrogen (secondary N) is 2. The Kier molecular flexibility index (Phi) is 4.95. The second-order valence-corrected chi connectivity index (χ2v) is 7.07. The van der Waals surface area contributed by atoms with E-state index in [4.69, 9.17) is 0 Å². The fourth-order valence-electron chi connectivity index (χ4n) is 1.53. The first kappa shape index (κ1) is 15.2. The van der Waals surface area contributed by atoms with Crippen molar-refractivity contribution in [2.24, 2.45) is 0 Å². The van der Waals surface area contributed by atoms with Crippen molar-refractivity contribution < 1.29 is 9.59 Å². The smallest absolute Gasteiger partial charge is 0.265 e. The molecule has 0 radical (unpaired) electrons. The van der Waals surface area contributed by atoms with Crippen LogP contribution in [0.5, 0.6) is 0 Å². The maximum atomic E-state index is 12.1. The molecule has 0 atom stereocenters. The Morgan fingerprint density at radius 3 is 2.50 bits per heavy atom. The van der Waals surface area contributed by atoms with Crippen molar-refractivity contribution in [2.75, 3.05) is 12.4 Å². The molecule has 2 rings (SSSR count). The van der Waals surface area contributed by atoms with E-state index in [1.54, 1.807) is 37.4 Å². The van der Waals surface area contributed by atoms with E-state index in [2.05, 4.69) is 42.5 Å². The Hall–Kier alpha value is -1.18. The Bertz CT molecular complexity index is 651. The lowest BCUT2D eigenvalue weighted by Gasteiger charge is -2.05. The Balaban J connectivity index is 2.17. The number of carbonyl (C=O) groups is 2. The number of benzene rings is 1. The Morgan fingerprint density at radius 2 is 1.90 bits per heavy atom. The van der Waals surface area contributed by atoms with E-state index in [9.17, 15) is 9.59 Å². The molecule has 1 aromatic carbocycles. The molecule has 0 aliphatic heterocycles. The fourth-order valence-corrected chi connectivity index (χ4v) is 3.46. The molecule has 4 nitrogen and oxygen atoms in total. The first-order valence-corrected chi connectivity index (χ1v) is 8.00. The summed E-state index contributed by atoms with van der Waals surface area (Å²) in [5, 5.41) is 5.31. The SMILES string of the molecule is CNC(=O)c1cccc(NC(=O)c2cc(Br)c(Br)s2)c1. The van der Waals surface area contributed by atoms with Gasteiger partial charge in [0, 0.05) is 22.8 Å². The molecule has 1 aromatic heterocycles. The Labute approximate surface area is 136 Å². The topological polar surface area (TPSA) is 58.2 Å². The lowest BCUT2D eigenvalue weighted by atomic mass is 10.2. The monoisotopic (exact) mass is 416 g/mol. The van der Waals surface area contributed by atoms with Gasteiger partial charge in [-0.05, 0) is 56.1 Å². The highest BCUT2D eigenvalue weighted by Gasteiger charge is 2.13. The number of hydrogen-bond donors (Lipinski definition) is 2. The molecule has 0 spiro atoms. The summed E-state index contributed by atoms with van der Waals surface area (Å²) < 4.78 is 1.70. The molecule has 2 amide bonds. The summed E-state index contributed by atoms with van der Waals surface area (Å²) in [5.41, 5.74) is 1.08. The van der Waals surface area contributed by atoms with Crippen LogP contribution >= 0.6 is 43.2 Å². The molecule has 0 aliphatic rings. The highest BCUT2D eigenvalue weighted by atomic mass is 79.9. The summed E-state index contributed by atoms with van der Waals surface area (Å²) in [6.07, 6.45) is 0. The number of carbonyl (C=O) groups excluding carboxylic acids is 2. The maximum absolute atomic E-state index is 12.1. The van der Waals surface area contributed by atoms with Crippen LogP contribution in [0.4, 0.5) is 5.69 Å². The van der Waals surface area contributed by atoms with Gasteiger partial charge in [-0.25, -0.2) is 0 Å². The molecule has 0 aliphatic carbocycles. The Morgan fingerprint density at radius 1 is 1.15 bits per heavy atom. The van der Waals surface area contributed by atoms with Crippen LogP contribution in [0, 0.1) is 0 Å². The summed E-state index contributed by atoms with van der Waals surface area (Å²) >= 11 is 8.02. The van der Waals surface area contributed by atoms with Gasteiger partial charge in [0.25, 0.3) is 11.8 Å². The van der Waals surface area contributed by atoms with Crippen molar-refractivity contribution in [3.8, 4) is 0 Å². The predicted octanol–water partition coefficient (Wildman–Crippen LogP) is 3.89. The zero-order chi connectivity index (χ0) is 14.7. The van der Waals surface area contributed by atoms with Gasteiger partial charge in [0.1, 0.15) is 0 Å². The molecule has 0 unspecified atom stereocenters. The van der Waals surface area contributed by atoms with Crippen LogP contribution in [-0.4, -0.2) is 18.9 Å². The average molecular weight is 418 g/mol. The van der Waals surface area contributed by atoms with E-state index in [-0.39, 0.29) is 11.8 Å². The van der Waals surface area contributed by atoms with Crippen LogP contribution in [0.15, 0.2) is 38.6 Å². The van der Waals surface area contributed by atoms with E-state index in [0.717, 1.165) is 8.26 Å². The van der Waals surface area contributed by atoms with Crippen molar-refractivity contribution in [3.05, 3.63) is 49.0 Å². The molecule has 1 heterocycles. The van der Waals surface area contributed by atoms with Gasteiger partial charge >= 0.3 is 0 Å². The largest absolute Gasteiger partial charge is 0.355 e. The van der Waals surface area contributed by atoms with E-state index in [1.165, 1.54) is 11.3 Å². The van der Waals surface area contributed by atoms with Crippen LogP contribution in [0.1, 0.15) is 20.0 Å². The molecule has 0 fully saturated rings. The quantitative estimate of drug-likeness (QED) is 0.795. The van der Waals surface area contributed by atoms with Crippen molar-refractivity contribution in [2.45, 2.75) is 0 Å². The minimum atomic E-state index is -0.213. The van der Waals surface area contributed by atoms with Gasteiger partial charge in [0.05, 0.1) is 8.66 Å². The molecule has 2 N–H and O–H groups in total. The summed E-state index contributed by atoms with van der Waals surface area (Å²) in [6, 6.07) is 8.52. The number of anilines is 1. The fraction of sp³-hybridized carbons (Fsp3) is 0.0769. The van der Waals surface area contributed by atoms with Gasteiger partial charge < -0.3 is 10.6 Å². The molecular formula is C13H10Br2N2O2S. The van der Waals surface area contributed by atoms with Crippen molar-refractivity contribution >= 4 is 60.7 Å². The third-order valence-electron chi connectivity index (χ3n) is 2.48. The van der Waals surface area contributed by atoms with Crippen LogP contribution in [-0.2, 0) is 0 Å². The molecule has 0 saturated carbocycles. The van der Waals surface area contributed by atoms with Crippen LogP contribution in [0.3, 0.4) is 0 Å².